The summed E-state index contributed by atoms with van der Waals surface area (Å²) < 4.78 is 12.7. The minimum atomic E-state index is -1.82. The Hall–Kier alpha value is -3.70. The van der Waals surface area contributed by atoms with Crippen LogP contribution in [0.1, 0.15) is 37.0 Å². The molecule has 10 nitrogen and oxygen atoms in total. The Morgan fingerprint density at radius 3 is 2.77 bits per heavy atom. The van der Waals surface area contributed by atoms with Gasteiger partial charge in [0, 0.05) is 22.3 Å². The lowest BCUT2D eigenvalue weighted by Gasteiger charge is -2.35. The molecule has 11 heteroatoms. The van der Waals surface area contributed by atoms with Gasteiger partial charge in [-0.1, -0.05) is 32.0 Å². The van der Waals surface area contributed by atoms with Crippen molar-refractivity contribution in [3.05, 3.63) is 63.4 Å². The molecule has 1 amide bonds. The number of likely N-dealkylation sites (N-methyl/N-ethyl adjacent to an activating group) is 1. The fraction of sp³-hybridized carbons (Fsp3) is 0.393. The summed E-state index contributed by atoms with van der Waals surface area (Å²) in [6.07, 6.45) is 0.0473. The number of amides is 1. The van der Waals surface area contributed by atoms with Crippen LogP contribution in [-0.2, 0) is 42.6 Å². The Labute approximate surface area is 229 Å². The average molecular weight is 551 g/mol. The maximum atomic E-state index is 13.6. The van der Waals surface area contributed by atoms with Gasteiger partial charge in [0.05, 0.1) is 35.1 Å². The predicted octanol–water partition coefficient (Wildman–Crippen LogP) is 2.09. The molecule has 4 heterocycles. The number of rotatable bonds is 9. The molecule has 0 saturated carbocycles. The van der Waals surface area contributed by atoms with Crippen LogP contribution in [0, 0.1) is 0 Å². The number of cyclic esters (lactones) is 1. The molecule has 0 saturated heterocycles. The van der Waals surface area contributed by atoms with Crippen LogP contribution < -0.4 is 16.2 Å². The molecule has 2 aliphatic heterocycles. The minimum Gasteiger partial charge on any atom is -0.457 e. The van der Waals surface area contributed by atoms with E-state index in [-0.39, 0.29) is 30.1 Å². The van der Waals surface area contributed by atoms with Crippen molar-refractivity contribution in [1.29, 1.82) is 0 Å². The van der Waals surface area contributed by atoms with E-state index >= 15 is 0 Å². The summed E-state index contributed by atoms with van der Waals surface area (Å²) in [5.74, 6) is -0.504. The molecule has 0 aliphatic carbocycles. The number of hydrogen-bond donors (Lipinski definition) is 2. The van der Waals surface area contributed by atoms with Gasteiger partial charge in [0.15, 0.2) is 0 Å². The first-order chi connectivity index (χ1) is 18.8. The second-order valence-electron chi connectivity index (χ2n) is 9.45. The number of benzene rings is 1. The van der Waals surface area contributed by atoms with Gasteiger partial charge in [-0.15, -0.1) is 0 Å². The van der Waals surface area contributed by atoms with Gasteiger partial charge < -0.3 is 24.7 Å². The van der Waals surface area contributed by atoms with E-state index in [9.17, 15) is 19.2 Å². The lowest BCUT2D eigenvalue weighted by molar-refractivity contribution is -0.189. The second kappa shape index (κ2) is 10.8. The topological polar surface area (TPSA) is 129 Å². The fourth-order valence-electron chi connectivity index (χ4n) is 5.12. The molecule has 2 N–H and O–H groups in total. The lowest BCUT2D eigenvalue weighted by atomic mass is 9.85. The highest BCUT2D eigenvalue weighted by Crippen LogP contribution is 2.40. The van der Waals surface area contributed by atoms with Crippen LogP contribution in [-0.4, -0.2) is 58.5 Å². The second-order valence-corrected chi connectivity index (χ2v) is 10.8. The maximum Gasteiger partial charge on any atom is 0.355 e. The average Bonchev–Trinajstić information content (AvgIpc) is 3.30. The van der Waals surface area contributed by atoms with Crippen molar-refractivity contribution in [3.8, 4) is 11.4 Å². The highest BCUT2D eigenvalue weighted by Gasteiger charge is 2.50. The monoisotopic (exact) mass is 550 g/mol. The van der Waals surface area contributed by atoms with Gasteiger partial charge >= 0.3 is 11.9 Å². The summed E-state index contributed by atoms with van der Waals surface area (Å²) in [6, 6.07) is 11.0. The molecule has 5 rings (SSSR count). The summed E-state index contributed by atoms with van der Waals surface area (Å²) in [5.41, 5.74) is 1.32. The van der Waals surface area contributed by atoms with Gasteiger partial charge in [-0.2, -0.15) is 11.8 Å². The standard InChI is InChI=1S/C28H30N4O6S/c1-4-28(38-23(33)12-30-25(34)21(29-3)15-39-5-2)19-11-22-24-17(10-16-8-6-7-9-20(16)31-24)13-32(22)26(35)18(19)14-37-27(28)36/h6-11,21,29H,4-5,12-15H2,1-3H3,(H,30,34)/t21-,28+/m1/s1. The zero-order valence-electron chi connectivity index (χ0n) is 22.0. The van der Waals surface area contributed by atoms with Crippen LogP contribution in [0.2, 0.25) is 0 Å². The third-order valence-corrected chi connectivity index (χ3v) is 8.21. The number of pyridine rings is 2. The van der Waals surface area contributed by atoms with Crippen molar-refractivity contribution >= 4 is 40.5 Å². The SMILES string of the molecule is CCSC[C@@H](NC)C(=O)NCC(=O)O[C@]1(CC)C(=O)OCc2c1cc1n(c2=O)Cc2cc3ccccc3nc2-1. The summed E-state index contributed by atoms with van der Waals surface area (Å²) in [4.78, 5) is 57.1. The number of carbonyl (C=O) groups is 3. The van der Waals surface area contributed by atoms with E-state index < -0.39 is 30.1 Å². The van der Waals surface area contributed by atoms with Crippen LogP contribution in [0.4, 0.5) is 0 Å². The van der Waals surface area contributed by atoms with Gasteiger partial charge in [0.2, 0.25) is 11.5 Å². The Bertz CT molecular complexity index is 1540. The molecule has 2 atom stereocenters. The summed E-state index contributed by atoms with van der Waals surface area (Å²) >= 11 is 1.60. The number of nitrogens with zero attached hydrogens (tertiary/aromatic N) is 2. The third kappa shape index (κ3) is 4.70. The number of fused-ring (bicyclic) bond motifs is 5. The number of nitrogens with one attached hydrogen (secondary N) is 2. The van der Waals surface area contributed by atoms with Crippen molar-refractivity contribution in [2.45, 2.75) is 45.1 Å². The molecular formula is C28H30N4O6S. The molecule has 0 radical (unpaired) electrons. The minimum absolute atomic E-state index is 0.0473. The van der Waals surface area contributed by atoms with Crippen molar-refractivity contribution < 1.29 is 23.9 Å². The molecule has 2 aliphatic rings. The number of esters is 2. The predicted molar refractivity (Wildman–Crippen MR) is 147 cm³/mol. The van der Waals surface area contributed by atoms with Gasteiger partial charge in [-0.3, -0.25) is 14.4 Å². The van der Waals surface area contributed by atoms with E-state index in [4.69, 9.17) is 14.5 Å². The number of hydrogen-bond acceptors (Lipinski definition) is 9. The lowest BCUT2D eigenvalue weighted by Crippen LogP contribution is -2.50. The molecule has 0 fully saturated rings. The van der Waals surface area contributed by atoms with Crippen molar-refractivity contribution in [2.75, 3.05) is 25.1 Å². The highest BCUT2D eigenvalue weighted by molar-refractivity contribution is 7.99. The quantitative estimate of drug-likeness (QED) is 0.301. The van der Waals surface area contributed by atoms with E-state index in [1.165, 1.54) is 0 Å². The molecule has 2 aromatic heterocycles. The Morgan fingerprint density at radius 2 is 2.03 bits per heavy atom. The number of aromatic nitrogens is 2. The fourth-order valence-corrected chi connectivity index (χ4v) is 5.91. The smallest absolute Gasteiger partial charge is 0.355 e. The number of ether oxygens (including phenoxy) is 2. The van der Waals surface area contributed by atoms with Gasteiger partial charge in [-0.25, -0.2) is 9.78 Å². The van der Waals surface area contributed by atoms with Crippen LogP contribution in [0.25, 0.3) is 22.3 Å². The summed E-state index contributed by atoms with van der Waals surface area (Å²) in [5, 5.41) is 6.47. The molecule has 3 aromatic rings. The van der Waals surface area contributed by atoms with Crippen molar-refractivity contribution in [1.82, 2.24) is 20.2 Å². The van der Waals surface area contributed by atoms with E-state index in [0.29, 0.717) is 29.2 Å². The molecule has 0 spiro atoms. The van der Waals surface area contributed by atoms with Gasteiger partial charge in [0.25, 0.3) is 5.56 Å². The zero-order chi connectivity index (χ0) is 27.7. The van der Waals surface area contributed by atoms with E-state index in [0.717, 1.165) is 22.2 Å². The molecule has 39 heavy (non-hydrogen) atoms. The first kappa shape index (κ1) is 26.9. The van der Waals surface area contributed by atoms with Crippen LogP contribution in [0.15, 0.2) is 41.2 Å². The Kier molecular flexibility index (Phi) is 7.46. The first-order valence-electron chi connectivity index (χ1n) is 12.9. The summed E-state index contributed by atoms with van der Waals surface area (Å²) in [6.45, 7) is 3.38. The van der Waals surface area contributed by atoms with Crippen LogP contribution >= 0.6 is 11.8 Å². The normalized spacial score (nSPS) is 18.1. The van der Waals surface area contributed by atoms with Crippen LogP contribution in [0.3, 0.4) is 0 Å². The van der Waals surface area contributed by atoms with Gasteiger partial charge in [0.1, 0.15) is 13.2 Å². The van der Waals surface area contributed by atoms with Crippen LogP contribution in [0.5, 0.6) is 0 Å². The molecule has 1 aromatic carbocycles. The van der Waals surface area contributed by atoms with E-state index in [2.05, 4.69) is 10.6 Å². The number of carbonyl (C=O) groups excluding carboxylic acids is 3. The maximum absolute atomic E-state index is 13.6. The zero-order valence-corrected chi connectivity index (χ0v) is 22.9. The first-order valence-corrected chi connectivity index (χ1v) is 14.1. The largest absolute Gasteiger partial charge is 0.457 e. The van der Waals surface area contributed by atoms with E-state index in [1.807, 2.05) is 37.3 Å². The molecule has 0 bridgehead atoms. The molecular weight excluding hydrogens is 520 g/mol. The number of para-hydroxylation sites is 1. The number of thioether (sulfide) groups is 1. The van der Waals surface area contributed by atoms with Crippen molar-refractivity contribution in [2.24, 2.45) is 0 Å². The van der Waals surface area contributed by atoms with E-state index in [1.54, 1.807) is 36.4 Å². The highest BCUT2D eigenvalue weighted by atomic mass is 32.2. The third-order valence-electron chi connectivity index (χ3n) is 7.23. The van der Waals surface area contributed by atoms with Gasteiger partial charge in [-0.05, 0) is 37.4 Å². The molecule has 0 unspecified atom stereocenters. The van der Waals surface area contributed by atoms with Crippen molar-refractivity contribution in [3.63, 3.8) is 0 Å². The molecule has 204 valence electrons. The summed E-state index contributed by atoms with van der Waals surface area (Å²) in [7, 11) is 1.67. The Morgan fingerprint density at radius 1 is 1.23 bits per heavy atom. The Balaban J connectivity index is 1.47.